The first-order chi connectivity index (χ1) is 11.6. The number of ether oxygens (including phenoxy) is 2. The maximum atomic E-state index is 12.1. The molecular weight excluding hydrogens is 302 g/mol. The second kappa shape index (κ2) is 8.96. The summed E-state index contributed by atoms with van der Waals surface area (Å²) in [6.07, 6.45) is 1.25. The quantitative estimate of drug-likeness (QED) is 0.755. The molecule has 0 aliphatic carbocycles. The largest absolute Gasteiger partial charge is 0.497 e. The smallest absolute Gasteiger partial charge is 0.260 e. The van der Waals surface area contributed by atoms with Crippen LogP contribution >= 0.6 is 0 Å². The molecule has 1 N–H and O–H groups in total. The van der Waals surface area contributed by atoms with Gasteiger partial charge in [0.25, 0.3) is 5.91 Å². The molecule has 0 heterocycles. The highest BCUT2D eigenvalue weighted by Crippen LogP contribution is 2.15. The Morgan fingerprint density at radius 3 is 2.62 bits per heavy atom. The number of amides is 1. The van der Waals surface area contributed by atoms with Crippen molar-refractivity contribution < 1.29 is 14.3 Å². The fourth-order valence-corrected chi connectivity index (χ4v) is 2.42. The summed E-state index contributed by atoms with van der Waals surface area (Å²) >= 11 is 0. The van der Waals surface area contributed by atoms with Crippen LogP contribution in [0.25, 0.3) is 0 Å². The first kappa shape index (κ1) is 17.9. The maximum absolute atomic E-state index is 12.1. The Hall–Kier alpha value is -2.49. The standard InChI is InChI=1S/C20H25NO3/c1-15-7-4-11-19(13-15)24-16(2)20(22)21-12-6-9-17-8-5-10-18(14-17)23-3/h4-5,7-8,10-11,13-14,16H,6,9,12H2,1-3H3,(H,21,22). The number of carbonyl (C=O) groups is 1. The summed E-state index contributed by atoms with van der Waals surface area (Å²) in [6, 6.07) is 15.7. The number of nitrogens with one attached hydrogen (secondary N) is 1. The third kappa shape index (κ3) is 5.61. The van der Waals surface area contributed by atoms with E-state index >= 15 is 0 Å². The third-order valence-electron chi connectivity index (χ3n) is 3.75. The highest BCUT2D eigenvalue weighted by Gasteiger charge is 2.13. The molecule has 0 bridgehead atoms. The van der Waals surface area contributed by atoms with Crippen LogP contribution in [0.5, 0.6) is 11.5 Å². The minimum Gasteiger partial charge on any atom is -0.497 e. The molecule has 0 saturated heterocycles. The zero-order valence-electron chi connectivity index (χ0n) is 14.5. The molecule has 128 valence electrons. The number of rotatable bonds is 8. The summed E-state index contributed by atoms with van der Waals surface area (Å²) in [4.78, 5) is 12.1. The fraction of sp³-hybridized carbons (Fsp3) is 0.350. The number of hydrogen-bond donors (Lipinski definition) is 1. The van der Waals surface area contributed by atoms with Crippen molar-refractivity contribution >= 4 is 5.91 Å². The molecule has 0 aliphatic heterocycles. The van der Waals surface area contributed by atoms with Crippen molar-refractivity contribution in [1.29, 1.82) is 0 Å². The lowest BCUT2D eigenvalue weighted by Gasteiger charge is -2.15. The molecule has 0 fully saturated rings. The molecule has 0 radical (unpaired) electrons. The van der Waals surface area contributed by atoms with E-state index in [4.69, 9.17) is 9.47 Å². The zero-order valence-corrected chi connectivity index (χ0v) is 14.5. The highest BCUT2D eigenvalue weighted by molar-refractivity contribution is 5.80. The summed E-state index contributed by atoms with van der Waals surface area (Å²) < 4.78 is 10.9. The first-order valence-corrected chi connectivity index (χ1v) is 8.22. The van der Waals surface area contributed by atoms with Crippen molar-refractivity contribution in [3.05, 3.63) is 59.7 Å². The Labute approximate surface area is 143 Å². The van der Waals surface area contributed by atoms with Gasteiger partial charge < -0.3 is 14.8 Å². The van der Waals surface area contributed by atoms with Gasteiger partial charge in [-0.15, -0.1) is 0 Å². The average Bonchev–Trinajstić information content (AvgIpc) is 2.58. The molecule has 2 aromatic rings. The van der Waals surface area contributed by atoms with Crippen molar-refractivity contribution in [2.24, 2.45) is 0 Å². The van der Waals surface area contributed by atoms with E-state index in [1.807, 2.05) is 49.4 Å². The van der Waals surface area contributed by atoms with E-state index in [9.17, 15) is 4.79 Å². The number of carbonyl (C=O) groups excluding carboxylic acids is 1. The molecule has 2 rings (SSSR count). The Morgan fingerprint density at radius 1 is 1.12 bits per heavy atom. The van der Waals surface area contributed by atoms with E-state index in [0.29, 0.717) is 12.3 Å². The van der Waals surface area contributed by atoms with E-state index in [0.717, 1.165) is 24.2 Å². The van der Waals surface area contributed by atoms with Crippen molar-refractivity contribution in [2.75, 3.05) is 13.7 Å². The molecule has 24 heavy (non-hydrogen) atoms. The molecule has 0 spiro atoms. The fourth-order valence-electron chi connectivity index (χ4n) is 2.42. The SMILES string of the molecule is COc1cccc(CCCNC(=O)C(C)Oc2cccc(C)c2)c1. The van der Waals surface area contributed by atoms with Crippen molar-refractivity contribution in [1.82, 2.24) is 5.32 Å². The van der Waals surface area contributed by atoms with Crippen molar-refractivity contribution in [3.63, 3.8) is 0 Å². The van der Waals surface area contributed by atoms with Crippen LogP contribution in [-0.2, 0) is 11.2 Å². The second-order valence-electron chi connectivity index (χ2n) is 5.82. The predicted octanol–water partition coefficient (Wildman–Crippen LogP) is 3.52. The van der Waals surface area contributed by atoms with Crippen LogP contribution in [-0.4, -0.2) is 25.7 Å². The monoisotopic (exact) mass is 327 g/mol. The van der Waals surface area contributed by atoms with Crippen molar-refractivity contribution in [2.45, 2.75) is 32.8 Å². The minimum atomic E-state index is -0.511. The number of methoxy groups -OCH3 is 1. The molecule has 4 heteroatoms. The van der Waals surface area contributed by atoms with E-state index < -0.39 is 6.10 Å². The van der Waals surface area contributed by atoms with E-state index in [1.165, 1.54) is 5.56 Å². The molecule has 1 unspecified atom stereocenters. The van der Waals surface area contributed by atoms with Crippen LogP contribution in [0.1, 0.15) is 24.5 Å². The lowest BCUT2D eigenvalue weighted by molar-refractivity contribution is -0.127. The lowest BCUT2D eigenvalue weighted by atomic mass is 10.1. The summed E-state index contributed by atoms with van der Waals surface area (Å²) in [5, 5.41) is 2.92. The predicted molar refractivity (Wildman–Crippen MR) is 95.6 cm³/mol. The van der Waals surface area contributed by atoms with Crippen LogP contribution in [0.2, 0.25) is 0 Å². The normalized spacial score (nSPS) is 11.6. The number of benzene rings is 2. The van der Waals surface area contributed by atoms with Gasteiger partial charge in [-0.05, 0) is 62.1 Å². The maximum Gasteiger partial charge on any atom is 0.260 e. The van der Waals surface area contributed by atoms with Gasteiger partial charge in [0.2, 0.25) is 0 Å². The molecule has 1 amide bonds. The van der Waals surface area contributed by atoms with E-state index in [-0.39, 0.29) is 5.91 Å². The van der Waals surface area contributed by atoms with Gasteiger partial charge in [-0.1, -0.05) is 24.3 Å². The van der Waals surface area contributed by atoms with Gasteiger partial charge >= 0.3 is 0 Å². The van der Waals surface area contributed by atoms with E-state index in [2.05, 4.69) is 11.4 Å². The van der Waals surface area contributed by atoms with Crippen molar-refractivity contribution in [3.8, 4) is 11.5 Å². The molecule has 0 aromatic heterocycles. The molecule has 2 aromatic carbocycles. The van der Waals surface area contributed by atoms with Crippen LogP contribution < -0.4 is 14.8 Å². The Kier molecular flexibility index (Phi) is 6.67. The van der Waals surface area contributed by atoms with E-state index in [1.54, 1.807) is 14.0 Å². The average molecular weight is 327 g/mol. The van der Waals surface area contributed by atoms with Gasteiger partial charge in [-0.25, -0.2) is 0 Å². The lowest BCUT2D eigenvalue weighted by Crippen LogP contribution is -2.36. The van der Waals surface area contributed by atoms with Gasteiger partial charge in [0.1, 0.15) is 11.5 Å². The minimum absolute atomic E-state index is 0.0952. The summed E-state index contributed by atoms with van der Waals surface area (Å²) in [7, 11) is 1.66. The molecule has 0 saturated carbocycles. The first-order valence-electron chi connectivity index (χ1n) is 8.22. The van der Waals surface area contributed by atoms with Gasteiger partial charge in [-0.3, -0.25) is 4.79 Å². The van der Waals surface area contributed by atoms with Gasteiger partial charge in [0.15, 0.2) is 6.10 Å². The Bertz CT molecular complexity index is 669. The molecule has 1 atom stereocenters. The summed E-state index contributed by atoms with van der Waals surface area (Å²) in [6.45, 7) is 4.38. The second-order valence-corrected chi connectivity index (χ2v) is 5.82. The molecule has 4 nitrogen and oxygen atoms in total. The zero-order chi connectivity index (χ0) is 17.4. The third-order valence-corrected chi connectivity index (χ3v) is 3.75. The highest BCUT2D eigenvalue weighted by atomic mass is 16.5. The summed E-state index contributed by atoms with van der Waals surface area (Å²) in [5.41, 5.74) is 2.31. The van der Waals surface area contributed by atoms with Gasteiger partial charge in [-0.2, -0.15) is 0 Å². The van der Waals surface area contributed by atoms with Crippen LogP contribution in [0.15, 0.2) is 48.5 Å². The number of hydrogen-bond acceptors (Lipinski definition) is 3. The van der Waals surface area contributed by atoms with Gasteiger partial charge in [0.05, 0.1) is 7.11 Å². The van der Waals surface area contributed by atoms with Crippen LogP contribution in [0, 0.1) is 6.92 Å². The topological polar surface area (TPSA) is 47.6 Å². The molecular formula is C20H25NO3. The van der Waals surface area contributed by atoms with Crippen LogP contribution in [0.4, 0.5) is 0 Å². The Balaban J connectivity index is 1.72. The Morgan fingerprint density at radius 2 is 1.88 bits per heavy atom. The van der Waals surface area contributed by atoms with Crippen LogP contribution in [0.3, 0.4) is 0 Å². The molecule has 0 aliphatic rings. The summed E-state index contributed by atoms with van der Waals surface area (Å²) in [5.74, 6) is 1.48. The van der Waals surface area contributed by atoms with Gasteiger partial charge in [0, 0.05) is 6.54 Å². The number of aryl methyl sites for hydroxylation is 2.